The van der Waals surface area contributed by atoms with Gasteiger partial charge in [0.2, 0.25) is 0 Å². The molecule has 0 nitrogen and oxygen atoms in total. The molecular formula is C29H24BrClFP. The molecule has 1 saturated heterocycles. The first kappa shape index (κ1) is 22.8. The van der Waals surface area contributed by atoms with Crippen molar-refractivity contribution in [3.8, 4) is 0 Å². The van der Waals surface area contributed by atoms with Crippen LogP contribution in [0.2, 0.25) is 5.02 Å². The van der Waals surface area contributed by atoms with Crippen molar-refractivity contribution in [1.29, 1.82) is 0 Å². The fraction of sp³-hybridized carbons (Fsp3) is 0.172. The third-order valence-corrected chi connectivity index (χ3v) is 11.9. The predicted molar refractivity (Wildman–Crippen MR) is 143 cm³/mol. The summed E-state index contributed by atoms with van der Waals surface area (Å²) in [5, 5.41) is 1.28. The molecule has 1 fully saturated rings. The van der Waals surface area contributed by atoms with E-state index in [2.05, 4.69) is 107 Å². The van der Waals surface area contributed by atoms with Gasteiger partial charge < -0.3 is 0 Å². The molecule has 5 rings (SSSR count). The largest absolute Gasteiger partial charge is 0.205 e. The minimum atomic E-state index is -0.605. The van der Waals surface area contributed by atoms with Gasteiger partial charge >= 0.3 is 0 Å². The van der Waals surface area contributed by atoms with E-state index >= 15 is 0 Å². The van der Waals surface area contributed by atoms with Gasteiger partial charge in [-0.2, -0.15) is 0 Å². The highest BCUT2D eigenvalue weighted by Gasteiger charge is 2.60. The Labute approximate surface area is 209 Å². The predicted octanol–water partition coefficient (Wildman–Crippen LogP) is 8.31. The Hall–Kier alpha value is -1.99. The highest BCUT2D eigenvalue weighted by Crippen LogP contribution is 2.73. The number of benzene rings is 4. The smallest absolute Gasteiger partial charge is 0.142 e. The van der Waals surface area contributed by atoms with Gasteiger partial charge in [0.25, 0.3) is 0 Å². The first-order valence-electron chi connectivity index (χ1n) is 11.1. The van der Waals surface area contributed by atoms with Crippen LogP contribution in [0.15, 0.2) is 109 Å². The third-order valence-electron chi connectivity index (χ3n) is 6.70. The number of alkyl halides is 1. The molecule has 33 heavy (non-hydrogen) atoms. The standard InChI is InChI=1S/C29H24BrClFP/c30-28(21-22-16-17-26(31)27(32)20-22)18-19-33(25-14-8-3-9-15-25)29(28,23-10-4-1-5-11-23)24-12-6-2-7-13-24/h1-17,20H,18-19,21H2. The molecule has 2 atom stereocenters. The molecule has 1 heterocycles. The van der Waals surface area contributed by atoms with Crippen LogP contribution in [0.5, 0.6) is 0 Å². The Balaban J connectivity index is 1.76. The second kappa shape index (κ2) is 9.34. The Morgan fingerprint density at radius 3 is 1.88 bits per heavy atom. The van der Waals surface area contributed by atoms with Crippen molar-refractivity contribution < 1.29 is 4.39 Å². The number of hydrogen-bond acceptors (Lipinski definition) is 0. The lowest BCUT2D eigenvalue weighted by molar-refractivity contribution is 0.500. The Morgan fingerprint density at radius 2 is 1.33 bits per heavy atom. The van der Waals surface area contributed by atoms with Crippen LogP contribution < -0.4 is 5.30 Å². The van der Waals surface area contributed by atoms with Gasteiger partial charge in [-0.05, 0) is 53.1 Å². The second-order valence-corrected chi connectivity index (χ2v) is 13.0. The van der Waals surface area contributed by atoms with E-state index in [1.807, 2.05) is 6.07 Å². The van der Waals surface area contributed by atoms with Crippen molar-refractivity contribution in [3.05, 3.63) is 137 Å². The minimum Gasteiger partial charge on any atom is -0.205 e. The lowest BCUT2D eigenvalue weighted by atomic mass is 9.75. The number of hydrogen-bond donors (Lipinski definition) is 0. The maximum atomic E-state index is 14.4. The van der Waals surface area contributed by atoms with E-state index in [0.29, 0.717) is 6.42 Å². The van der Waals surface area contributed by atoms with Crippen LogP contribution in [0.4, 0.5) is 4.39 Å². The van der Waals surface area contributed by atoms with Crippen LogP contribution in [0, 0.1) is 5.82 Å². The molecule has 0 aromatic heterocycles. The van der Waals surface area contributed by atoms with Gasteiger partial charge in [0.15, 0.2) is 0 Å². The topological polar surface area (TPSA) is 0 Å². The molecule has 166 valence electrons. The summed E-state index contributed by atoms with van der Waals surface area (Å²) in [4.78, 5) is 0. The monoisotopic (exact) mass is 536 g/mol. The molecule has 4 aromatic rings. The molecule has 4 aromatic carbocycles. The SMILES string of the molecule is Fc1cc(CC2(Br)CCP(c3ccccc3)C2(c2ccccc2)c2ccccc2)ccc1Cl. The van der Waals surface area contributed by atoms with Crippen LogP contribution in [0.3, 0.4) is 0 Å². The van der Waals surface area contributed by atoms with Gasteiger partial charge in [0.05, 0.1) is 10.2 Å². The zero-order valence-electron chi connectivity index (χ0n) is 18.1. The first-order chi connectivity index (χ1) is 16.0. The van der Waals surface area contributed by atoms with Gasteiger partial charge in [-0.25, -0.2) is 4.39 Å². The quantitative estimate of drug-likeness (QED) is 0.177. The van der Waals surface area contributed by atoms with Gasteiger partial charge in [0, 0.05) is 4.32 Å². The molecule has 0 spiro atoms. The Kier molecular flexibility index (Phi) is 6.45. The number of halogens is 3. The molecular weight excluding hydrogens is 514 g/mol. The fourth-order valence-corrected chi connectivity index (χ4v) is 11.1. The Bertz CT molecular complexity index is 1190. The highest BCUT2D eigenvalue weighted by molar-refractivity contribution is 9.10. The normalized spacial score (nSPS) is 21.7. The summed E-state index contributed by atoms with van der Waals surface area (Å²) in [6, 6.07) is 37.8. The summed E-state index contributed by atoms with van der Waals surface area (Å²) < 4.78 is 14.1. The van der Waals surface area contributed by atoms with Gasteiger partial charge in [-0.1, -0.05) is 133 Å². The van der Waals surface area contributed by atoms with Crippen molar-refractivity contribution >= 4 is 40.8 Å². The van der Waals surface area contributed by atoms with Crippen LogP contribution in [0.1, 0.15) is 23.1 Å². The molecule has 0 bridgehead atoms. The average Bonchev–Trinajstić information content (AvgIpc) is 3.16. The lowest BCUT2D eigenvalue weighted by Gasteiger charge is -2.47. The molecule has 0 N–H and O–H groups in total. The highest BCUT2D eigenvalue weighted by atomic mass is 79.9. The van der Waals surface area contributed by atoms with E-state index in [4.69, 9.17) is 11.6 Å². The summed E-state index contributed by atoms with van der Waals surface area (Å²) in [6.07, 6.45) is 2.78. The summed E-state index contributed by atoms with van der Waals surface area (Å²) in [5.41, 5.74) is 3.56. The molecule has 0 aliphatic carbocycles. The van der Waals surface area contributed by atoms with Crippen molar-refractivity contribution in [3.63, 3.8) is 0 Å². The van der Waals surface area contributed by atoms with E-state index in [0.717, 1.165) is 18.1 Å². The Morgan fingerprint density at radius 1 is 0.788 bits per heavy atom. The third kappa shape index (κ3) is 3.97. The maximum absolute atomic E-state index is 14.4. The zero-order valence-corrected chi connectivity index (χ0v) is 21.3. The average molecular weight is 538 g/mol. The van der Waals surface area contributed by atoms with Gasteiger partial charge in [0.1, 0.15) is 5.82 Å². The molecule has 0 amide bonds. The summed E-state index contributed by atoms with van der Waals surface area (Å²) >= 11 is 10.3. The van der Waals surface area contributed by atoms with E-state index < -0.39 is 7.92 Å². The molecule has 2 unspecified atom stereocenters. The summed E-state index contributed by atoms with van der Waals surface area (Å²) in [7, 11) is -0.605. The van der Waals surface area contributed by atoms with Crippen LogP contribution in [0.25, 0.3) is 0 Å². The van der Waals surface area contributed by atoms with Crippen molar-refractivity contribution in [2.45, 2.75) is 22.3 Å². The molecule has 0 saturated carbocycles. The van der Waals surface area contributed by atoms with E-state index in [9.17, 15) is 4.39 Å². The van der Waals surface area contributed by atoms with Gasteiger partial charge in [-0.15, -0.1) is 0 Å². The summed E-state index contributed by atoms with van der Waals surface area (Å²) in [5.74, 6) is -0.362. The van der Waals surface area contributed by atoms with E-state index in [1.54, 1.807) is 12.1 Å². The molecule has 0 radical (unpaired) electrons. The van der Waals surface area contributed by atoms with Crippen molar-refractivity contribution in [1.82, 2.24) is 0 Å². The first-order valence-corrected chi connectivity index (χ1v) is 13.8. The number of rotatable bonds is 5. The van der Waals surface area contributed by atoms with Crippen molar-refractivity contribution in [2.75, 3.05) is 6.16 Å². The second-order valence-electron chi connectivity index (χ2n) is 8.57. The van der Waals surface area contributed by atoms with E-state index in [1.165, 1.54) is 16.4 Å². The molecule has 1 aliphatic heterocycles. The molecule has 1 aliphatic rings. The van der Waals surface area contributed by atoms with Crippen LogP contribution in [-0.2, 0) is 11.6 Å². The zero-order chi connectivity index (χ0) is 22.9. The van der Waals surface area contributed by atoms with Gasteiger partial charge in [-0.3, -0.25) is 0 Å². The van der Waals surface area contributed by atoms with Crippen LogP contribution in [-0.4, -0.2) is 10.5 Å². The molecule has 4 heteroatoms. The fourth-order valence-electron chi connectivity index (χ4n) is 5.35. The maximum Gasteiger partial charge on any atom is 0.142 e. The van der Waals surface area contributed by atoms with E-state index in [-0.39, 0.29) is 20.3 Å². The summed E-state index contributed by atoms with van der Waals surface area (Å²) in [6.45, 7) is 0. The van der Waals surface area contributed by atoms with Crippen molar-refractivity contribution in [2.24, 2.45) is 0 Å². The van der Waals surface area contributed by atoms with Crippen LogP contribution >= 0.6 is 35.5 Å². The minimum absolute atomic E-state index is 0.165. The lowest BCUT2D eigenvalue weighted by Crippen LogP contribution is -2.45.